The molecule has 1 aliphatic carbocycles. The maximum absolute atomic E-state index is 13.1. The van der Waals surface area contributed by atoms with Crippen molar-refractivity contribution >= 4 is 11.9 Å². The van der Waals surface area contributed by atoms with Gasteiger partial charge in [0.25, 0.3) is 5.91 Å². The molecule has 0 atom stereocenters. The second-order valence-electron chi connectivity index (χ2n) is 8.55. The molecule has 0 aromatic heterocycles. The van der Waals surface area contributed by atoms with E-state index in [4.69, 9.17) is 14.2 Å². The maximum atomic E-state index is 13.1. The number of fused-ring (bicyclic) bond motifs is 1. The van der Waals surface area contributed by atoms with E-state index in [-0.39, 0.29) is 6.79 Å². The fraction of sp³-hybridized carbons (Fsp3) is 0.440. The summed E-state index contributed by atoms with van der Waals surface area (Å²) in [6.07, 6.45) is 5.08. The summed E-state index contributed by atoms with van der Waals surface area (Å²) in [5.41, 5.74) is 1.40. The normalized spacial score (nSPS) is 16.8. The molecule has 32 heavy (non-hydrogen) atoms. The lowest BCUT2D eigenvalue weighted by Crippen LogP contribution is -2.54. The third kappa shape index (κ3) is 4.82. The molecule has 7 heteroatoms. The van der Waals surface area contributed by atoms with Crippen LogP contribution >= 0.6 is 0 Å². The number of amides is 1. The van der Waals surface area contributed by atoms with Gasteiger partial charge in [-0.1, -0.05) is 55.5 Å². The molecule has 0 spiro atoms. The van der Waals surface area contributed by atoms with Crippen molar-refractivity contribution in [3.63, 3.8) is 0 Å². The summed E-state index contributed by atoms with van der Waals surface area (Å²) in [6.45, 7) is 2.50. The first-order valence-electron chi connectivity index (χ1n) is 11.1. The average molecular weight is 440 g/mol. The zero-order valence-electron chi connectivity index (χ0n) is 18.3. The predicted octanol–water partition coefficient (Wildman–Crippen LogP) is 4.25. The van der Waals surface area contributed by atoms with E-state index < -0.39 is 17.4 Å². The van der Waals surface area contributed by atoms with E-state index in [9.17, 15) is 14.7 Å². The molecule has 1 amide bonds. The Kier molecular flexibility index (Phi) is 6.53. The molecule has 0 unspecified atom stereocenters. The van der Waals surface area contributed by atoms with Gasteiger partial charge in [0.05, 0.1) is 6.61 Å². The Balaban J connectivity index is 1.51. The van der Waals surface area contributed by atoms with E-state index in [1.54, 1.807) is 12.1 Å². The second kappa shape index (κ2) is 9.51. The quantitative estimate of drug-likeness (QED) is 0.627. The van der Waals surface area contributed by atoms with Crippen molar-refractivity contribution in [1.29, 1.82) is 0 Å². The minimum absolute atomic E-state index is 0.0493. The monoisotopic (exact) mass is 439 g/mol. The highest BCUT2D eigenvalue weighted by Gasteiger charge is 2.40. The standard InChI is InChI=1S/C25H29NO6/c1-17-7-6-8-18(13-17)9-12-30-20-14-19(15-21-22(20)32-16-31-21)23(27)26-25(24(28)29)10-4-2-3-5-11-25/h6-8,13-15H,2-5,9-12,16H2,1H3,(H,26,27)(H,28,29). The van der Waals surface area contributed by atoms with Crippen LogP contribution in [0.4, 0.5) is 0 Å². The van der Waals surface area contributed by atoms with Crippen molar-refractivity contribution in [2.75, 3.05) is 13.4 Å². The van der Waals surface area contributed by atoms with Crippen LogP contribution in [0.15, 0.2) is 36.4 Å². The van der Waals surface area contributed by atoms with E-state index in [1.807, 2.05) is 25.1 Å². The van der Waals surface area contributed by atoms with Gasteiger partial charge >= 0.3 is 5.97 Å². The molecule has 1 fully saturated rings. The molecule has 2 N–H and O–H groups in total. The summed E-state index contributed by atoms with van der Waals surface area (Å²) in [7, 11) is 0. The molecule has 0 saturated heterocycles. The summed E-state index contributed by atoms with van der Waals surface area (Å²) in [4.78, 5) is 25.2. The van der Waals surface area contributed by atoms with Crippen LogP contribution in [0.3, 0.4) is 0 Å². The molecule has 4 rings (SSSR count). The molecular formula is C25H29NO6. The van der Waals surface area contributed by atoms with Gasteiger partial charge in [-0.3, -0.25) is 4.79 Å². The number of benzene rings is 2. The zero-order chi connectivity index (χ0) is 22.6. The lowest BCUT2D eigenvalue weighted by molar-refractivity contribution is -0.145. The number of ether oxygens (including phenoxy) is 3. The van der Waals surface area contributed by atoms with Crippen LogP contribution in [-0.4, -0.2) is 35.9 Å². The smallest absolute Gasteiger partial charge is 0.329 e. The number of rotatable bonds is 7. The minimum atomic E-state index is -1.24. The Morgan fingerprint density at radius 1 is 1.09 bits per heavy atom. The van der Waals surface area contributed by atoms with Crippen molar-refractivity contribution in [2.24, 2.45) is 0 Å². The summed E-state index contributed by atoms with van der Waals surface area (Å²) in [6, 6.07) is 11.4. The van der Waals surface area contributed by atoms with Crippen LogP contribution in [0.25, 0.3) is 0 Å². The Morgan fingerprint density at radius 3 is 2.59 bits per heavy atom. The van der Waals surface area contributed by atoms with Gasteiger partial charge in [-0.2, -0.15) is 0 Å². The summed E-state index contributed by atoms with van der Waals surface area (Å²) in [5.74, 6) is -0.121. The van der Waals surface area contributed by atoms with E-state index >= 15 is 0 Å². The number of carboxylic acid groups (broad SMARTS) is 1. The maximum Gasteiger partial charge on any atom is 0.329 e. The highest BCUT2D eigenvalue weighted by Crippen LogP contribution is 2.42. The van der Waals surface area contributed by atoms with Crippen molar-refractivity contribution in [3.8, 4) is 17.2 Å². The van der Waals surface area contributed by atoms with Crippen LogP contribution in [0.1, 0.15) is 60.0 Å². The third-order valence-corrected chi connectivity index (χ3v) is 6.15. The SMILES string of the molecule is Cc1cccc(CCOc2cc(C(=O)NC3(C(=O)O)CCCCCC3)cc3c2OCO3)c1. The first-order valence-corrected chi connectivity index (χ1v) is 11.1. The molecular weight excluding hydrogens is 410 g/mol. The largest absolute Gasteiger partial charge is 0.489 e. The number of carbonyl (C=O) groups excluding carboxylic acids is 1. The lowest BCUT2D eigenvalue weighted by Gasteiger charge is -2.29. The van der Waals surface area contributed by atoms with Gasteiger partial charge in [-0.25, -0.2) is 4.79 Å². The van der Waals surface area contributed by atoms with Gasteiger partial charge in [0.1, 0.15) is 5.54 Å². The minimum Gasteiger partial charge on any atom is -0.489 e. The van der Waals surface area contributed by atoms with E-state index in [1.165, 1.54) is 5.56 Å². The van der Waals surface area contributed by atoms with Crippen molar-refractivity contribution in [1.82, 2.24) is 5.32 Å². The number of carbonyl (C=O) groups is 2. The highest BCUT2D eigenvalue weighted by molar-refractivity contribution is 5.99. The van der Waals surface area contributed by atoms with Gasteiger partial charge in [0, 0.05) is 12.0 Å². The van der Waals surface area contributed by atoms with Gasteiger partial charge in [0.15, 0.2) is 11.5 Å². The molecule has 0 radical (unpaired) electrons. The van der Waals surface area contributed by atoms with E-state index in [0.29, 0.717) is 48.7 Å². The number of aryl methyl sites for hydroxylation is 1. The number of hydrogen-bond acceptors (Lipinski definition) is 5. The summed E-state index contributed by atoms with van der Waals surface area (Å²) in [5, 5.41) is 12.7. The number of carboxylic acids is 1. The molecule has 2 aliphatic rings. The van der Waals surface area contributed by atoms with Gasteiger partial charge < -0.3 is 24.6 Å². The van der Waals surface area contributed by atoms with Crippen LogP contribution in [0, 0.1) is 6.92 Å². The van der Waals surface area contributed by atoms with Gasteiger partial charge in [-0.15, -0.1) is 0 Å². The number of nitrogens with one attached hydrogen (secondary N) is 1. The first kappa shape index (κ1) is 22.0. The Morgan fingerprint density at radius 2 is 1.88 bits per heavy atom. The molecule has 2 aromatic carbocycles. The molecule has 1 aliphatic heterocycles. The van der Waals surface area contributed by atoms with Crippen molar-refractivity contribution in [2.45, 2.75) is 57.4 Å². The fourth-order valence-corrected chi connectivity index (χ4v) is 4.38. The van der Waals surface area contributed by atoms with Gasteiger partial charge in [0.2, 0.25) is 12.5 Å². The Bertz CT molecular complexity index is 994. The van der Waals surface area contributed by atoms with Crippen molar-refractivity contribution < 1.29 is 28.9 Å². The molecule has 170 valence electrons. The highest BCUT2D eigenvalue weighted by atomic mass is 16.7. The van der Waals surface area contributed by atoms with Gasteiger partial charge in [-0.05, 0) is 37.5 Å². The average Bonchev–Trinajstić information content (AvgIpc) is 3.12. The van der Waals surface area contributed by atoms with Crippen LogP contribution < -0.4 is 19.5 Å². The van der Waals surface area contributed by atoms with E-state index in [0.717, 1.165) is 31.2 Å². The molecule has 0 bridgehead atoms. The summed E-state index contributed by atoms with van der Waals surface area (Å²) >= 11 is 0. The molecule has 7 nitrogen and oxygen atoms in total. The fourth-order valence-electron chi connectivity index (χ4n) is 4.38. The van der Waals surface area contributed by atoms with Crippen LogP contribution in [0.2, 0.25) is 0 Å². The Hall–Kier alpha value is -3.22. The zero-order valence-corrected chi connectivity index (χ0v) is 18.3. The molecule has 2 aromatic rings. The second-order valence-corrected chi connectivity index (χ2v) is 8.55. The Labute approximate surface area is 187 Å². The third-order valence-electron chi connectivity index (χ3n) is 6.15. The predicted molar refractivity (Wildman–Crippen MR) is 118 cm³/mol. The van der Waals surface area contributed by atoms with Crippen molar-refractivity contribution in [3.05, 3.63) is 53.1 Å². The first-order chi connectivity index (χ1) is 15.5. The summed E-state index contributed by atoms with van der Waals surface area (Å²) < 4.78 is 17.0. The van der Waals surface area contributed by atoms with E-state index in [2.05, 4.69) is 11.4 Å². The molecule has 1 saturated carbocycles. The van der Waals surface area contributed by atoms with Crippen LogP contribution in [0.5, 0.6) is 17.2 Å². The lowest BCUT2D eigenvalue weighted by atomic mass is 9.89. The number of hydrogen-bond donors (Lipinski definition) is 2. The number of aliphatic carboxylic acids is 1. The molecule has 1 heterocycles. The van der Waals surface area contributed by atoms with Crippen LogP contribution in [-0.2, 0) is 11.2 Å². The topological polar surface area (TPSA) is 94.1 Å².